The number of anilines is 1. The number of thiazole rings is 1. The Labute approximate surface area is 145 Å². The first-order chi connectivity index (χ1) is 11.3. The molecule has 4 rings (SSSR count). The molecule has 0 aliphatic carbocycles. The topological polar surface area (TPSA) is 28.6 Å². The minimum atomic E-state index is 0.300. The average molecular weight is 350 g/mol. The molecule has 0 bridgehead atoms. The molecule has 124 valence electrons. The van der Waals surface area contributed by atoms with Crippen LogP contribution in [0.3, 0.4) is 0 Å². The van der Waals surface area contributed by atoms with Gasteiger partial charge in [0, 0.05) is 41.5 Å². The van der Waals surface area contributed by atoms with E-state index in [1.807, 2.05) is 17.5 Å². The molecule has 2 aromatic rings. The lowest BCUT2D eigenvalue weighted by Crippen LogP contribution is -2.47. The summed E-state index contributed by atoms with van der Waals surface area (Å²) in [6, 6.07) is 4.39. The minimum absolute atomic E-state index is 0.300. The third-order valence-electron chi connectivity index (χ3n) is 5.01. The van der Waals surface area contributed by atoms with E-state index in [1.165, 1.54) is 30.8 Å². The Morgan fingerprint density at radius 3 is 2.83 bits per heavy atom. The van der Waals surface area contributed by atoms with Gasteiger partial charge in [0.1, 0.15) is 0 Å². The van der Waals surface area contributed by atoms with Gasteiger partial charge in [0.15, 0.2) is 5.13 Å². The molecule has 2 aliphatic heterocycles. The highest BCUT2D eigenvalue weighted by atomic mass is 32.1. The van der Waals surface area contributed by atoms with Crippen LogP contribution in [0.2, 0.25) is 0 Å². The van der Waals surface area contributed by atoms with Crippen molar-refractivity contribution in [3.63, 3.8) is 0 Å². The van der Waals surface area contributed by atoms with Gasteiger partial charge in [-0.2, -0.15) is 0 Å². The Hall–Kier alpha value is -0.950. The van der Waals surface area contributed by atoms with E-state index >= 15 is 0 Å². The van der Waals surface area contributed by atoms with Gasteiger partial charge in [-0.3, -0.25) is 4.90 Å². The first kappa shape index (κ1) is 15.6. The van der Waals surface area contributed by atoms with E-state index in [2.05, 4.69) is 37.7 Å². The Morgan fingerprint density at radius 1 is 1.17 bits per heavy atom. The standard InChI is InChI=1S/C17H23N3OS2/c1-2-15(22-10-1)12-19-6-3-17(4-7-19)13-20(8-9-21-14-17)16-18-5-11-23-16/h1-2,5,10-11H,3-4,6-9,12-14H2. The summed E-state index contributed by atoms with van der Waals surface area (Å²) in [6.45, 7) is 7.23. The van der Waals surface area contributed by atoms with Gasteiger partial charge in [0.25, 0.3) is 0 Å². The Morgan fingerprint density at radius 2 is 2.09 bits per heavy atom. The van der Waals surface area contributed by atoms with Crippen LogP contribution in [-0.2, 0) is 11.3 Å². The molecule has 4 nitrogen and oxygen atoms in total. The number of ether oxygens (including phenoxy) is 1. The second-order valence-electron chi connectivity index (χ2n) is 6.64. The average Bonchev–Trinajstić information content (AvgIpc) is 3.23. The number of hydrogen-bond acceptors (Lipinski definition) is 6. The van der Waals surface area contributed by atoms with Gasteiger partial charge in [-0.05, 0) is 37.4 Å². The Balaban J connectivity index is 1.40. The molecule has 0 atom stereocenters. The molecule has 2 fully saturated rings. The largest absolute Gasteiger partial charge is 0.379 e. The summed E-state index contributed by atoms with van der Waals surface area (Å²) in [5.74, 6) is 0. The molecule has 0 saturated carbocycles. The first-order valence-electron chi connectivity index (χ1n) is 8.30. The van der Waals surface area contributed by atoms with Crippen LogP contribution >= 0.6 is 22.7 Å². The second-order valence-corrected chi connectivity index (χ2v) is 8.55. The zero-order valence-corrected chi connectivity index (χ0v) is 15.0. The van der Waals surface area contributed by atoms with Gasteiger partial charge in [0.2, 0.25) is 0 Å². The molecule has 0 N–H and O–H groups in total. The smallest absolute Gasteiger partial charge is 0.185 e. The maximum atomic E-state index is 5.98. The molecule has 0 aromatic carbocycles. The molecule has 2 aromatic heterocycles. The van der Waals surface area contributed by atoms with E-state index in [0.29, 0.717) is 5.41 Å². The van der Waals surface area contributed by atoms with Crippen molar-refractivity contribution in [3.8, 4) is 0 Å². The molecule has 1 spiro atoms. The van der Waals surface area contributed by atoms with Crippen LogP contribution < -0.4 is 4.90 Å². The van der Waals surface area contributed by atoms with E-state index in [9.17, 15) is 0 Å². The minimum Gasteiger partial charge on any atom is -0.379 e. The summed E-state index contributed by atoms with van der Waals surface area (Å²) in [5.41, 5.74) is 0.300. The Kier molecular flexibility index (Phi) is 4.66. The maximum absolute atomic E-state index is 5.98. The van der Waals surface area contributed by atoms with E-state index < -0.39 is 0 Å². The first-order valence-corrected chi connectivity index (χ1v) is 10.1. The highest BCUT2D eigenvalue weighted by molar-refractivity contribution is 7.13. The summed E-state index contributed by atoms with van der Waals surface area (Å²) in [6.07, 6.45) is 4.35. The summed E-state index contributed by atoms with van der Waals surface area (Å²) < 4.78 is 5.98. The fraction of sp³-hybridized carbons (Fsp3) is 0.588. The number of nitrogens with zero attached hydrogens (tertiary/aromatic N) is 3. The normalized spacial score (nSPS) is 22.3. The number of rotatable bonds is 3. The molecule has 2 aliphatic rings. The van der Waals surface area contributed by atoms with Crippen LogP contribution in [0.5, 0.6) is 0 Å². The van der Waals surface area contributed by atoms with Crippen molar-refractivity contribution < 1.29 is 4.74 Å². The summed E-state index contributed by atoms with van der Waals surface area (Å²) in [5, 5.41) is 5.39. The monoisotopic (exact) mass is 349 g/mol. The number of likely N-dealkylation sites (tertiary alicyclic amines) is 1. The molecule has 4 heterocycles. The van der Waals surface area contributed by atoms with Crippen LogP contribution in [0.15, 0.2) is 29.1 Å². The molecule has 23 heavy (non-hydrogen) atoms. The lowest BCUT2D eigenvalue weighted by atomic mass is 9.78. The predicted molar refractivity (Wildman–Crippen MR) is 96.4 cm³/mol. The summed E-state index contributed by atoms with van der Waals surface area (Å²) in [4.78, 5) is 11.0. The fourth-order valence-corrected chi connectivity index (χ4v) is 5.06. The molecule has 0 amide bonds. The Bertz CT molecular complexity index is 591. The molecular weight excluding hydrogens is 326 g/mol. The second kappa shape index (κ2) is 6.89. The maximum Gasteiger partial charge on any atom is 0.185 e. The van der Waals surface area contributed by atoms with Crippen molar-refractivity contribution >= 4 is 27.8 Å². The summed E-state index contributed by atoms with van der Waals surface area (Å²) >= 11 is 3.60. The fourth-order valence-electron chi connectivity index (χ4n) is 3.64. The van der Waals surface area contributed by atoms with Crippen molar-refractivity contribution in [3.05, 3.63) is 34.0 Å². The number of thiophene rings is 1. The van der Waals surface area contributed by atoms with Crippen LogP contribution in [0.25, 0.3) is 0 Å². The highest BCUT2D eigenvalue weighted by Gasteiger charge is 2.38. The molecule has 0 unspecified atom stereocenters. The van der Waals surface area contributed by atoms with E-state index in [0.717, 1.165) is 38.0 Å². The van der Waals surface area contributed by atoms with Gasteiger partial charge in [0.05, 0.1) is 13.2 Å². The number of hydrogen-bond donors (Lipinski definition) is 0. The van der Waals surface area contributed by atoms with E-state index in [4.69, 9.17) is 4.74 Å². The number of aromatic nitrogens is 1. The summed E-state index contributed by atoms with van der Waals surface area (Å²) in [7, 11) is 0. The molecule has 2 saturated heterocycles. The van der Waals surface area contributed by atoms with Gasteiger partial charge >= 0.3 is 0 Å². The van der Waals surface area contributed by atoms with E-state index in [-0.39, 0.29) is 0 Å². The van der Waals surface area contributed by atoms with Crippen LogP contribution in [0, 0.1) is 5.41 Å². The third-order valence-corrected chi connectivity index (χ3v) is 6.70. The van der Waals surface area contributed by atoms with Crippen molar-refractivity contribution in [2.75, 3.05) is 44.3 Å². The SMILES string of the molecule is c1csc(CN2CCC3(CC2)COCCN(c2nccs2)C3)c1. The van der Waals surface area contributed by atoms with Crippen molar-refractivity contribution in [1.82, 2.24) is 9.88 Å². The van der Waals surface area contributed by atoms with Gasteiger partial charge in [-0.25, -0.2) is 4.98 Å². The molecule has 0 radical (unpaired) electrons. The lowest BCUT2D eigenvalue weighted by molar-refractivity contribution is 0.0203. The quantitative estimate of drug-likeness (QED) is 0.850. The lowest BCUT2D eigenvalue weighted by Gasteiger charge is -2.42. The van der Waals surface area contributed by atoms with Crippen molar-refractivity contribution in [2.45, 2.75) is 19.4 Å². The molecular formula is C17H23N3OS2. The third kappa shape index (κ3) is 3.60. The van der Waals surface area contributed by atoms with E-state index in [1.54, 1.807) is 11.3 Å². The van der Waals surface area contributed by atoms with Gasteiger partial charge < -0.3 is 9.64 Å². The van der Waals surface area contributed by atoms with Crippen molar-refractivity contribution in [1.29, 1.82) is 0 Å². The van der Waals surface area contributed by atoms with Gasteiger partial charge in [-0.15, -0.1) is 22.7 Å². The van der Waals surface area contributed by atoms with Crippen molar-refractivity contribution in [2.24, 2.45) is 5.41 Å². The number of piperidine rings is 1. The van der Waals surface area contributed by atoms with Crippen LogP contribution in [-0.4, -0.2) is 49.3 Å². The zero-order chi connectivity index (χ0) is 15.5. The van der Waals surface area contributed by atoms with Crippen LogP contribution in [0.1, 0.15) is 17.7 Å². The predicted octanol–water partition coefficient (Wildman–Crippen LogP) is 3.32. The van der Waals surface area contributed by atoms with Gasteiger partial charge in [-0.1, -0.05) is 6.07 Å². The molecule has 6 heteroatoms. The highest BCUT2D eigenvalue weighted by Crippen LogP contribution is 2.36. The zero-order valence-electron chi connectivity index (χ0n) is 13.3. The van der Waals surface area contributed by atoms with Crippen LogP contribution in [0.4, 0.5) is 5.13 Å².